The van der Waals surface area contributed by atoms with E-state index in [1.807, 2.05) is 6.07 Å². The van der Waals surface area contributed by atoms with E-state index in [4.69, 9.17) is 11.6 Å². The van der Waals surface area contributed by atoms with Gasteiger partial charge < -0.3 is 0 Å². The van der Waals surface area contributed by atoms with Crippen LogP contribution in [0.15, 0.2) is 22.4 Å². The summed E-state index contributed by atoms with van der Waals surface area (Å²) in [6.45, 7) is 0. The first kappa shape index (κ1) is 9.12. The van der Waals surface area contributed by atoms with Gasteiger partial charge in [0.05, 0.1) is 5.02 Å². The molecule has 1 aromatic carbocycles. The van der Waals surface area contributed by atoms with E-state index < -0.39 is 0 Å². The first-order valence-corrected chi connectivity index (χ1v) is 6.02. The van der Waals surface area contributed by atoms with E-state index in [-0.39, 0.29) is 0 Å². The smallest absolute Gasteiger partial charge is 0.0557 e. The van der Waals surface area contributed by atoms with E-state index in [1.54, 1.807) is 11.3 Å². The zero-order valence-electron chi connectivity index (χ0n) is 5.84. The lowest BCUT2D eigenvalue weighted by molar-refractivity contribution is 1.58. The maximum Gasteiger partial charge on any atom is 0.0557 e. The summed E-state index contributed by atoms with van der Waals surface area (Å²) in [6.07, 6.45) is 0. The number of thiol groups is 1. The third-order valence-electron chi connectivity index (χ3n) is 1.61. The van der Waals surface area contributed by atoms with E-state index in [1.165, 1.54) is 10.1 Å². The molecule has 2 rings (SSSR count). The summed E-state index contributed by atoms with van der Waals surface area (Å²) in [7, 11) is 0. The molecule has 0 aliphatic carbocycles. The highest BCUT2D eigenvalue weighted by Crippen LogP contribution is 2.35. The normalized spacial score (nSPS) is 10.9. The van der Waals surface area contributed by atoms with Crippen LogP contribution in [0, 0.1) is 3.57 Å². The molecular formula is C8H4ClIS2. The maximum atomic E-state index is 6.00. The highest BCUT2D eigenvalue weighted by Gasteiger charge is 2.07. The second kappa shape index (κ2) is 3.36. The molecule has 62 valence electrons. The first-order valence-electron chi connectivity index (χ1n) is 3.24. The van der Waals surface area contributed by atoms with Gasteiger partial charge in [-0.15, -0.1) is 24.0 Å². The van der Waals surface area contributed by atoms with E-state index in [9.17, 15) is 0 Å². The summed E-state index contributed by atoms with van der Waals surface area (Å²) in [5.41, 5.74) is 0. The van der Waals surface area contributed by atoms with Crippen molar-refractivity contribution in [2.24, 2.45) is 0 Å². The van der Waals surface area contributed by atoms with Crippen molar-refractivity contribution in [2.75, 3.05) is 0 Å². The Hall–Kier alpha value is 0.550. The van der Waals surface area contributed by atoms with Crippen LogP contribution in [0.4, 0.5) is 0 Å². The summed E-state index contributed by atoms with van der Waals surface area (Å²) < 4.78 is 2.33. The largest absolute Gasteiger partial charge is 0.143 e. The summed E-state index contributed by atoms with van der Waals surface area (Å²) in [4.78, 5) is 0.963. The topological polar surface area (TPSA) is 0 Å². The Labute approximate surface area is 98.5 Å². The average Bonchev–Trinajstić information content (AvgIpc) is 2.48. The minimum absolute atomic E-state index is 0.784. The SMILES string of the molecule is Sc1cc(Cl)c(I)c2ccsc12. The Kier molecular flexibility index (Phi) is 2.56. The number of hydrogen-bond acceptors (Lipinski definition) is 2. The molecule has 0 nitrogen and oxygen atoms in total. The van der Waals surface area contributed by atoms with Crippen LogP contribution in [0.1, 0.15) is 0 Å². The molecule has 0 atom stereocenters. The monoisotopic (exact) mass is 326 g/mol. The number of rotatable bonds is 0. The van der Waals surface area contributed by atoms with Gasteiger partial charge in [-0.1, -0.05) is 11.6 Å². The third-order valence-corrected chi connectivity index (χ3v) is 4.84. The number of thiophene rings is 1. The highest BCUT2D eigenvalue weighted by atomic mass is 127. The van der Waals surface area contributed by atoms with Crippen LogP contribution in [0.2, 0.25) is 5.02 Å². The highest BCUT2D eigenvalue weighted by molar-refractivity contribution is 14.1. The number of benzene rings is 1. The lowest BCUT2D eigenvalue weighted by Gasteiger charge is -2.00. The molecule has 0 aliphatic heterocycles. The van der Waals surface area contributed by atoms with Crippen LogP contribution in [-0.4, -0.2) is 0 Å². The van der Waals surface area contributed by atoms with Gasteiger partial charge in [-0.25, -0.2) is 0 Å². The molecule has 2 aromatic rings. The zero-order valence-corrected chi connectivity index (χ0v) is 10.5. The van der Waals surface area contributed by atoms with Gasteiger partial charge in [-0.05, 0) is 40.1 Å². The number of halogens is 2. The predicted octanol–water partition coefficient (Wildman–Crippen LogP) is 4.45. The fourth-order valence-electron chi connectivity index (χ4n) is 1.06. The molecule has 0 saturated heterocycles. The van der Waals surface area contributed by atoms with Gasteiger partial charge >= 0.3 is 0 Å². The van der Waals surface area contributed by atoms with Crippen molar-refractivity contribution in [1.82, 2.24) is 0 Å². The lowest BCUT2D eigenvalue weighted by atomic mass is 10.3. The van der Waals surface area contributed by atoms with Crippen LogP contribution >= 0.6 is 58.2 Å². The second-order valence-corrected chi connectivity index (χ2v) is 5.24. The van der Waals surface area contributed by atoms with Gasteiger partial charge in [0.2, 0.25) is 0 Å². The molecule has 0 unspecified atom stereocenters. The van der Waals surface area contributed by atoms with Gasteiger partial charge in [0.1, 0.15) is 0 Å². The Morgan fingerprint density at radius 1 is 1.50 bits per heavy atom. The molecule has 0 radical (unpaired) electrons. The van der Waals surface area contributed by atoms with Crippen molar-refractivity contribution >= 4 is 68.2 Å². The van der Waals surface area contributed by atoms with Gasteiger partial charge in [0.15, 0.2) is 0 Å². The Balaban J connectivity index is 2.97. The van der Waals surface area contributed by atoms with Crippen molar-refractivity contribution < 1.29 is 0 Å². The summed E-state index contributed by atoms with van der Waals surface area (Å²) >= 11 is 14.3. The molecule has 0 bridgehead atoms. The molecule has 4 heteroatoms. The molecule has 0 N–H and O–H groups in total. The molecule has 12 heavy (non-hydrogen) atoms. The first-order chi connectivity index (χ1) is 5.70. The van der Waals surface area contributed by atoms with Crippen LogP contribution < -0.4 is 0 Å². The molecule has 1 heterocycles. The van der Waals surface area contributed by atoms with Crippen LogP contribution in [0.25, 0.3) is 10.1 Å². The second-order valence-electron chi connectivity index (χ2n) is 2.35. The fraction of sp³-hybridized carbons (Fsp3) is 0. The zero-order chi connectivity index (χ0) is 8.72. The van der Waals surface area contributed by atoms with E-state index >= 15 is 0 Å². The third kappa shape index (κ3) is 1.36. The minimum Gasteiger partial charge on any atom is -0.143 e. The van der Waals surface area contributed by atoms with E-state index in [0.29, 0.717) is 0 Å². The lowest BCUT2D eigenvalue weighted by Crippen LogP contribution is -1.76. The van der Waals surface area contributed by atoms with Gasteiger partial charge in [0.25, 0.3) is 0 Å². The summed E-state index contributed by atoms with van der Waals surface area (Å²) in [6, 6.07) is 3.97. The van der Waals surface area contributed by atoms with Crippen LogP contribution in [0.5, 0.6) is 0 Å². The van der Waals surface area contributed by atoms with Crippen molar-refractivity contribution in [1.29, 1.82) is 0 Å². The molecular weight excluding hydrogens is 323 g/mol. The molecule has 0 fully saturated rings. The van der Waals surface area contributed by atoms with Gasteiger partial charge in [-0.3, -0.25) is 0 Å². The molecule has 0 saturated carbocycles. The van der Waals surface area contributed by atoms with E-state index in [0.717, 1.165) is 13.5 Å². The van der Waals surface area contributed by atoms with Crippen LogP contribution in [-0.2, 0) is 0 Å². The molecule has 1 aromatic heterocycles. The maximum absolute atomic E-state index is 6.00. The number of fused-ring (bicyclic) bond motifs is 1. The quantitative estimate of drug-likeness (QED) is 0.537. The predicted molar refractivity (Wildman–Crippen MR) is 66.8 cm³/mol. The van der Waals surface area contributed by atoms with Crippen LogP contribution in [0.3, 0.4) is 0 Å². The molecule has 0 spiro atoms. The van der Waals surface area contributed by atoms with Crippen molar-refractivity contribution in [3.05, 3.63) is 26.1 Å². The fourth-order valence-corrected chi connectivity index (χ4v) is 3.36. The van der Waals surface area contributed by atoms with E-state index in [2.05, 4.69) is 46.7 Å². The van der Waals surface area contributed by atoms with Crippen molar-refractivity contribution in [3.63, 3.8) is 0 Å². The Bertz CT molecular complexity index is 436. The summed E-state index contributed by atoms with van der Waals surface area (Å²) in [5.74, 6) is 0. The van der Waals surface area contributed by atoms with Gasteiger partial charge in [-0.2, -0.15) is 0 Å². The standard InChI is InChI=1S/C8H4ClIS2/c9-5-3-6(11)8-4(7(5)10)1-2-12-8/h1-3,11H. The number of hydrogen-bond donors (Lipinski definition) is 1. The summed E-state index contributed by atoms with van der Waals surface area (Å²) in [5, 5.41) is 4.05. The Morgan fingerprint density at radius 3 is 3.00 bits per heavy atom. The molecule has 0 amide bonds. The Morgan fingerprint density at radius 2 is 2.25 bits per heavy atom. The van der Waals surface area contributed by atoms with Crippen molar-refractivity contribution in [2.45, 2.75) is 4.90 Å². The van der Waals surface area contributed by atoms with Gasteiger partial charge in [0, 0.05) is 18.6 Å². The van der Waals surface area contributed by atoms with Crippen molar-refractivity contribution in [3.8, 4) is 0 Å². The molecule has 0 aliphatic rings. The average molecular weight is 327 g/mol. The minimum atomic E-state index is 0.784.